The molecule has 3 nitrogen and oxygen atoms in total. The van der Waals surface area contributed by atoms with Gasteiger partial charge < -0.3 is 9.64 Å². The minimum Gasteiger partial charge on any atom is -0.487 e. The molecule has 0 saturated carbocycles. The van der Waals surface area contributed by atoms with Gasteiger partial charge in [-0.15, -0.1) is 0 Å². The number of nitrogens with zero attached hydrogens (tertiary/aromatic N) is 1. The van der Waals surface area contributed by atoms with Crippen molar-refractivity contribution < 1.29 is 18.3 Å². The van der Waals surface area contributed by atoms with Crippen LogP contribution in [0.1, 0.15) is 17.2 Å². The smallest absolute Gasteiger partial charge is 0.308 e. The van der Waals surface area contributed by atoms with Gasteiger partial charge in [0, 0.05) is 10.7 Å². The second-order valence-electron chi connectivity index (χ2n) is 6.92. The van der Waals surface area contributed by atoms with E-state index in [9.17, 15) is 13.6 Å². The van der Waals surface area contributed by atoms with E-state index in [1.165, 1.54) is 4.90 Å². The van der Waals surface area contributed by atoms with Crippen LogP contribution in [0.5, 0.6) is 0 Å². The maximum Gasteiger partial charge on any atom is 0.308 e. The molecular formula is C24H18ClF2NO2. The lowest BCUT2D eigenvalue weighted by atomic mass is 9.80. The molecule has 6 heteroatoms. The number of anilines is 1. The van der Waals surface area contributed by atoms with E-state index in [0.717, 1.165) is 5.56 Å². The molecular weight excluding hydrogens is 408 g/mol. The number of carbonyl (C=O) groups excluding carboxylic acids is 1. The Morgan fingerprint density at radius 1 is 0.900 bits per heavy atom. The monoisotopic (exact) mass is 425 g/mol. The summed E-state index contributed by atoms with van der Waals surface area (Å²) in [6.45, 7) is -0.0457. The Morgan fingerprint density at radius 2 is 1.50 bits per heavy atom. The molecule has 1 amide bonds. The van der Waals surface area contributed by atoms with Crippen molar-refractivity contribution in [3.8, 4) is 0 Å². The fourth-order valence-corrected chi connectivity index (χ4v) is 3.75. The number of amides is 1. The van der Waals surface area contributed by atoms with Crippen LogP contribution in [0.25, 0.3) is 0 Å². The van der Waals surface area contributed by atoms with Crippen molar-refractivity contribution in [3.63, 3.8) is 0 Å². The Labute approximate surface area is 178 Å². The van der Waals surface area contributed by atoms with E-state index < -0.39 is 29.7 Å². The summed E-state index contributed by atoms with van der Waals surface area (Å²) < 4.78 is 33.3. The zero-order valence-electron chi connectivity index (χ0n) is 15.8. The molecule has 3 aromatic carbocycles. The van der Waals surface area contributed by atoms with E-state index in [-0.39, 0.29) is 6.61 Å². The topological polar surface area (TPSA) is 29.5 Å². The number of ether oxygens (including phenoxy) is 1. The number of para-hydroxylation sites is 1. The van der Waals surface area contributed by atoms with Gasteiger partial charge in [0.25, 0.3) is 0 Å². The molecule has 1 saturated heterocycles. The highest BCUT2D eigenvalue weighted by molar-refractivity contribution is 6.30. The van der Waals surface area contributed by atoms with Gasteiger partial charge in [0.1, 0.15) is 12.5 Å². The summed E-state index contributed by atoms with van der Waals surface area (Å²) in [4.78, 5) is 14.5. The predicted molar refractivity (Wildman–Crippen MR) is 112 cm³/mol. The molecule has 0 aliphatic carbocycles. The molecule has 30 heavy (non-hydrogen) atoms. The molecule has 2 atom stereocenters. The third-order valence-electron chi connectivity index (χ3n) is 5.05. The number of β-lactam (4-membered cyclic amide) rings is 1. The lowest BCUT2D eigenvalue weighted by molar-refractivity contribution is -0.131. The van der Waals surface area contributed by atoms with Gasteiger partial charge in [-0.1, -0.05) is 72.3 Å². The largest absolute Gasteiger partial charge is 0.487 e. The normalized spacial score (nSPS) is 18.0. The fourth-order valence-electron chi connectivity index (χ4n) is 3.62. The number of benzene rings is 3. The molecule has 1 aliphatic rings. The Hall–Kier alpha value is -3.18. The Balaban J connectivity index is 1.68. The average molecular weight is 426 g/mol. The summed E-state index contributed by atoms with van der Waals surface area (Å²) in [5.74, 6) is -2.13. The Bertz CT molecular complexity index is 1050. The van der Waals surface area contributed by atoms with Crippen LogP contribution < -0.4 is 4.90 Å². The summed E-state index contributed by atoms with van der Waals surface area (Å²) >= 11 is 5.99. The molecule has 0 aromatic heterocycles. The highest BCUT2D eigenvalue weighted by Gasteiger charge is 2.53. The van der Waals surface area contributed by atoms with Gasteiger partial charge in [0.2, 0.25) is 5.91 Å². The van der Waals surface area contributed by atoms with Crippen LogP contribution in [0.4, 0.5) is 14.5 Å². The van der Waals surface area contributed by atoms with Crippen molar-refractivity contribution in [1.29, 1.82) is 0 Å². The number of halogens is 3. The van der Waals surface area contributed by atoms with Crippen molar-refractivity contribution >= 4 is 23.2 Å². The Morgan fingerprint density at radius 3 is 2.10 bits per heavy atom. The van der Waals surface area contributed by atoms with Gasteiger partial charge in [0.05, 0.1) is 6.04 Å². The van der Waals surface area contributed by atoms with Crippen molar-refractivity contribution in [3.05, 3.63) is 113 Å². The number of carbonyl (C=O) groups is 1. The molecule has 0 N–H and O–H groups in total. The second-order valence-corrected chi connectivity index (χ2v) is 7.35. The standard InChI is InChI=1S/C24H18ClF2NO2/c25-18-13-11-17(12-14-18)21-20(24(29)28(21)19-9-5-2-6-10-19)22(23(26)27)30-15-16-7-3-1-4-8-16/h1-14,20-21H,15H2/t20-,21-/m1/s1. The first-order valence-corrected chi connectivity index (χ1v) is 9.79. The summed E-state index contributed by atoms with van der Waals surface area (Å²) in [6, 6.07) is 24.2. The van der Waals surface area contributed by atoms with Gasteiger partial charge in [-0.05, 0) is 35.4 Å². The van der Waals surface area contributed by atoms with Crippen molar-refractivity contribution in [2.24, 2.45) is 5.92 Å². The van der Waals surface area contributed by atoms with Crippen LogP contribution >= 0.6 is 11.6 Å². The maximum atomic E-state index is 13.9. The van der Waals surface area contributed by atoms with Gasteiger partial charge in [0.15, 0.2) is 5.76 Å². The molecule has 1 fully saturated rings. The van der Waals surface area contributed by atoms with E-state index in [1.54, 1.807) is 72.8 Å². The third-order valence-corrected chi connectivity index (χ3v) is 5.30. The zero-order chi connectivity index (χ0) is 21.1. The third kappa shape index (κ3) is 3.94. The van der Waals surface area contributed by atoms with Crippen LogP contribution in [-0.2, 0) is 16.1 Å². The first-order chi connectivity index (χ1) is 14.6. The minimum absolute atomic E-state index is 0.0457. The highest BCUT2D eigenvalue weighted by Crippen LogP contribution is 2.48. The number of hydrogen-bond donors (Lipinski definition) is 0. The number of hydrogen-bond acceptors (Lipinski definition) is 2. The van der Waals surface area contributed by atoms with Crippen LogP contribution in [0, 0.1) is 5.92 Å². The summed E-state index contributed by atoms with van der Waals surface area (Å²) in [5, 5.41) is 0.528. The van der Waals surface area contributed by atoms with E-state index in [0.29, 0.717) is 16.3 Å². The van der Waals surface area contributed by atoms with Crippen LogP contribution in [-0.4, -0.2) is 5.91 Å². The molecule has 0 radical (unpaired) electrons. The Kier molecular flexibility index (Phi) is 5.81. The lowest BCUT2D eigenvalue weighted by Crippen LogP contribution is -2.56. The lowest BCUT2D eigenvalue weighted by Gasteiger charge is -2.47. The maximum absolute atomic E-state index is 13.9. The molecule has 152 valence electrons. The summed E-state index contributed by atoms with van der Waals surface area (Å²) in [6.07, 6.45) is -1.99. The molecule has 0 bridgehead atoms. The zero-order valence-corrected chi connectivity index (χ0v) is 16.6. The second kappa shape index (κ2) is 8.67. The van der Waals surface area contributed by atoms with Crippen LogP contribution in [0.3, 0.4) is 0 Å². The summed E-state index contributed by atoms with van der Waals surface area (Å²) in [5.41, 5.74) is 2.08. The van der Waals surface area contributed by atoms with Crippen LogP contribution in [0.15, 0.2) is 96.8 Å². The quantitative estimate of drug-likeness (QED) is 0.339. The molecule has 4 rings (SSSR count). The van der Waals surface area contributed by atoms with Crippen molar-refractivity contribution in [1.82, 2.24) is 0 Å². The summed E-state index contributed by atoms with van der Waals surface area (Å²) in [7, 11) is 0. The molecule has 3 aromatic rings. The van der Waals surface area contributed by atoms with E-state index >= 15 is 0 Å². The first kappa shape index (κ1) is 20.1. The first-order valence-electron chi connectivity index (χ1n) is 9.41. The van der Waals surface area contributed by atoms with Gasteiger partial charge in [-0.25, -0.2) is 0 Å². The average Bonchev–Trinajstić information content (AvgIpc) is 2.76. The van der Waals surface area contributed by atoms with E-state index in [2.05, 4.69) is 0 Å². The minimum atomic E-state index is -1.99. The molecule has 1 heterocycles. The van der Waals surface area contributed by atoms with Crippen molar-refractivity contribution in [2.75, 3.05) is 4.90 Å². The van der Waals surface area contributed by atoms with Crippen molar-refractivity contribution in [2.45, 2.75) is 12.6 Å². The van der Waals surface area contributed by atoms with Crippen LogP contribution in [0.2, 0.25) is 5.02 Å². The molecule has 0 unspecified atom stereocenters. The van der Waals surface area contributed by atoms with Gasteiger partial charge in [-0.3, -0.25) is 4.79 Å². The van der Waals surface area contributed by atoms with Gasteiger partial charge >= 0.3 is 6.08 Å². The number of rotatable bonds is 6. The molecule has 0 spiro atoms. The molecule has 1 aliphatic heterocycles. The predicted octanol–water partition coefficient (Wildman–Crippen LogP) is 6.37. The SMILES string of the molecule is O=C1[C@@H](C(OCc2ccccc2)=C(F)F)[C@@H](c2ccc(Cl)cc2)N1c1ccccc1. The van der Waals surface area contributed by atoms with E-state index in [1.807, 2.05) is 12.1 Å². The van der Waals surface area contributed by atoms with E-state index in [4.69, 9.17) is 16.3 Å². The highest BCUT2D eigenvalue weighted by atomic mass is 35.5. The van der Waals surface area contributed by atoms with Gasteiger partial charge in [-0.2, -0.15) is 8.78 Å². The fraction of sp³-hybridized carbons (Fsp3) is 0.125.